The molecule has 2 atom stereocenters. The fourth-order valence-electron chi connectivity index (χ4n) is 2.86. The van der Waals surface area contributed by atoms with Crippen molar-refractivity contribution in [2.45, 2.75) is 45.6 Å². The minimum absolute atomic E-state index is 0.161. The number of phenolic OH excluding ortho intramolecular Hbond substituents is 1. The summed E-state index contributed by atoms with van der Waals surface area (Å²) in [6.45, 7) is 4.07. The molecule has 0 aliphatic heterocycles. The molecule has 1 aliphatic carbocycles. The predicted octanol–water partition coefficient (Wildman–Crippen LogP) is 3.17. The molecule has 23 heavy (non-hydrogen) atoms. The van der Waals surface area contributed by atoms with Crippen LogP contribution in [0, 0.1) is 5.92 Å². The highest BCUT2D eigenvalue weighted by molar-refractivity contribution is 7.80. The molecule has 0 bridgehead atoms. The van der Waals surface area contributed by atoms with Gasteiger partial charge in [-0.2, -0.15) is 5.10 Å². The lowest BCUT2D eigenvalue weighted by Gasteiger charge is -2.30. The van der Waals surface area contributed by atoms with Crippen molar-refractivity contribution in [3.05, 3.63) is 23.8 Å². The van der Waals surface area contributed by atoms with Crippen LogP contribution in [-0.2, 0) is 0 Å². The summed E-state index contributed by atoms with van der Waals surface area (Å²) in [4.78, 5) is 0. The Morgan fingerprint density at radius 2 is 2.09 bits per heavy atom. The minimum Gasteiger partial charge on any atom is -0.507 e. The molecule has 1 aliphatic rings. The molecule has 2 rings (SSSR count). The van der Waals surface area contributed by atoms with Crippen LogP contribution in [0.15, 0.2) is 23.3 Å². The van der Waals surface area contributed by atoms with Gasteiger partial charge in [-0.25, -0.2) is 0 Å². The summed E-state index contributed by atoms with van der Waals surface area (Å²) in [6.07, 6.45) is 4.92. The Kier molecular flexibility index (Phi) is 6.21. The normalized spacial score (nSPS) is 21.6. The highest BCUT2D eigenvalue weighted by Gasteiger charge is 2.21. The topological polar surface area (TPSA) is 65.9 Å². The third-order valence-electron chi connectivity index (χ3n) is 4.35. The van der Waals surface area contributed by atoms with Gasteiger partial charge in [0.1, 0.15) is 11.5 Å². The van der Waals surface area contributed by atoms with Crippen LogP contribution < -0.4 is 15.5 Å². The molecule has 0 heterocycles. The van der Waals surface area contributed by atoms with Gasteiger partial charge >= 0.3 is 0 Å². The number of benzene rings is 1. The van der Waals surface area contributed by atoms with Gasteiger partial charge in [-0.1, -0.05) is 19.8 Å². The maximum absolute atomic E-state index is 9.95. The lowest BCUT2D eigenvalue weighted by atomic mass is 9.86. The Hall–Kier alpha value is -1.82. The van der Waals surface area contributed by atoms with E-state index in [2.05, 4.69) is 22.8 Å². The number of rotatable bonds is 4. The smallest absolute Gasteiger partial charge is 0.187 e. The molecule has 1 aromatic rings. The van der Waals surface area contributed by atoms with Gasteiger partial charge in [0.15, 0.2) is 5.11 Å². The molecule has 0 unspecified atom stereocenters. The number of hydrogen-bond acceptors (Lipinski definition) is 4. The Morgan fingerprint density at radius 1 is 1.35 bits per heavy atom. The molecule has 0 aromatic heterocycles. The van der Waals surface area contributed by atoms with E-state index >= 15 is 0 Å². The first-order chi connectivity index (χ1) is 11.0. The zero-order valence-corrected chi connectivity index (χ0v) is 14.7. The van der Waals surface area contributed by atoms with Gasteiger partial charge in [-0.3, -0.25) is 5.43 Å². The lowest BCUT2D eigenvalue weighted by molar-refractivity contribution is 0.308. The molecule has 1 aromatic carbocycles. The SMILES string of the molecule is COc1ccc(O)c(/C(C)=N/NC(=S)N[C@@H]2CCCC[C@H]2C)c1. The van der Waals surface area contributed by atoms with Crippen molar-refractivity contribution in [2.75, 3.05) is 7.11 Å². The van der Waals surface area contributed by atoms with E-state index in [1.807, 2.05) is 6.92 Å². The number of thiocarbonyl (C=S) groups is 1. The van der Waals surface area contributed by atoms with E-state index in [1.54, 1.807) is 25.3 Å². The Labute approximate surface area is 143 Å². The van der Waals surface area contributed by atoms with Gasteiger partial charge in [-0.15, -0.1) is 0 Å². The lowest BCUT2D eigenvalue weighted by Crippen LogP contribution is -2.44. The van der Waals surface area contributed by atoms with Crippen LogP contribution in [-0.4, -0.2) is 29.1 Å². The number of ether oxygens (including phenoxy) is 1. The Bertz CT molecular complexity index is 589. The van der Waals surface area contributed by atoms with E-state index in [4.69, 9.17) is 17.0 Å². The van der Waals surface area contributed by atoms with E-state index in [0.29, 0.717) is 34.1 Å². The molecule has 5 nitrogen and oxygen atoms in total. The highest BCUT2D eigenvalue weighted by Crippen LogP contribution is 2.24. The van der Waals surface area contributed by atoms with E-state index in [1.165, 1.54) is 19.3 Å². The molecule has 3 N–H and O–H groups in total. The second-order valence-electron chi connectivity index (χ2n) is 6.03. The summed E-state index contributed by atoms with van der Waals surface area (Å²) in [5.41, 5.74) is 4.13. The maximum Gasteiger partial charge on any atom is 0.187 e. The van der Waals surface area contributed by atoms with Gasteiger partial charge < -0.3 is 15.2 Å². The predicted molar refractivity (Wildman–Crippen MR) is 97.2 cm³/mol. The van der Waals surface area contributed by atoms with Crippen molar-refractivity contribution in [2.24, 2.45) is 11.0 Å². The van der Waals surface area contributed by atoms with Crippen molar-refractivity contribution >= 4 is 23.0 Å². The number of hydrazone groups is 1. The number of nitrogens with one attached hydrogen (secondary N) is 2. The van der Waals surface area contributed by atoms with Gasteiger partial charge in [0.05, 0.1) is 12.8 Å². The summed E-state index contributed by atoms with van der Waals surface area (Å²) in [6, 6.07) is 5.45. The van der Waals surface area contributed by atoms with Crippen molar-refractivity contribution in [1.82, 2.24) is 10.7 Å². The maximum atomic E-state index is 9.95. The third kappa shape index (κ3) is 4.82. The van der Waals surface area contributed by atoms with E-state index in [0.717, 1.165) is 6.42 Å². The molecule has 1 saturated carbocycles. The van der Waals surface area contributed by atoms with Crippen LogP contribution in [0.4, 0.5) is 0 Å². The number of aromatic hydroxyl groups is 1. The van der Waals surface area contributed by atoms with Crippen LogP contribution in [0.5, 0.6) is 11.5 Å². The molecule has 1 fully saturated rings. The molecule has 0 radical (unpaired) electrons. The first kappa shape index (κ1) is 17.5. The number of nitrogens with zero attached hydrogens (tertiary/aromatic N) is 1. The number of hydrogen-bond donors (Lipinski definition) is 3. The zero-order valence-electron chi connectivity index (χ0n) is 13.9. The fraction of sp³-hybridized carbons (Fsp3) is 0.529. The average Bonchev–Trinajstić information content (AvgIpc) is 2.55. The molecule has 0 amide bonds. The van der Waals surface area contributed by atoms with Gasteiger partial charge in [0, 0.05) is 11.6 Å². The molecule has 126 valence electrons. The van der Waals surface area contributed by atoms with E-state index < -0.39 is 0 Å². The number of methoxy groups -OCH3 is 1. The zero-order chi connectivity index (χ0) is 16.8. The van der Waals surface area contributed by atoms with Crippen LogP contribution >= 0.6 is 12.2 Å². The first-order valence-electron chi connectivity index (χ1n) is 7.99. The van der Waals surface area contributed by atoms with Crippen LogP contribution in [0.3, 0.4) is 0 Å². The largest absolute Gasteiger partial charge is 0.507 e. The molecule has 0 saturated heterocycles. The first-order valence-corrected chi connectivity index (χ1v) is 8.40. The second kappa shape index (κ2) is 8.15. The quantitative estimate of drug-likeness (QED) is 0.448. The number of phenols is 1. The van der Waals surface area contributed by atoms with Crippen molar-refractivity contribution in [3.8, 4) is 11.5 Å². The summed E-state index contributed by atoms with van der Waals surface area (Å²) >= 11 is 5.32. The van der Waals surface area contributed by atoms with Crippen LogP contribution in [0.25, 0.3) is 0 Å². The van der Waals surface area contributed by atoms with Crippen molar-refractivity contribution in [3.63, 3.8) is 0 Å². The molecular weight excluding hydrogens is 310 g/mol. The molecule has 6 heteroatoms. The van der Waals surface area contributed by atoms with Gasteiger partial charge in [0.25, 0.3) is 0 Å². The summed E-state index contributed by atoms with van der Waals surface area (Å²) in [5.74, 6) is 1.45. The van der Waals surface area contributed by atoms with Gasteiger partial charge in [-0.05, 0) is 56.1 Å². The van der Waals surface area contributed by atoms with Gasteiger partial charge in [0.2, 0.25) is 0 Å². The Balaban J connectivity index is 1.97. The fourth-order valence-corrected chi connectivity index (χ4v) is 3.06. The summed E-state index contributed by atoms with van der Waals surface area (Å²) < 4.78 is 5.17. The minimum atomic E-state index is 0.161. The highest BCUT2D eigenvalue weighted by atomic mass is 32.1. The standard InChI is InChI=1S/C17H25N3O2S/c1-11-6-4-5-7-15(11)18-17(23)20-19-12(2)14-10-13(22-3)8-9-16(14)21/h8-11,15,21H,4-7H2,1-3H3,(H2,18,20,23)/b19-12+/t11-,15-/m1/s1. The third-order valence-corrected chi connectivity index (χ3v) is 4.56. The summed E-state index contributed by atoms with van der Waals surface area (Å²) in [7, 11) is 1.59. The monoisotopic (exact) mass is 335 g/mol. The van der Waals surface area contributed by atoms with Crippen LogP contribution in [0.1, 0.15) is 45.1 Å². The van der Waals surface area contributed by atoms with Crippen molar-refractivity contribution in [1.29, 1.82) is 0 Å². The second-order valence-corrected chi connectivity index (χ2v) is 6.44. The Morgan fingerprint density at radius 3 is 2.78 bits per heavy atom. The van der Waals surface area contributed by atoms with E-state index in [9.17, 15) is 5.11 Å². The molecule has 0 spiro atoms. The van der Waals surface area contributed by atoms with E-state index in [-0.39, 0.29) is 5.75 Å². The molecular formula is C17H25N3O2S. The van der Waals surface area contributed by atoms with Crippen molar-refractivity contribution < 1.29 is 9.84 Å². The average molecular weight is 335 g/mol. The van der Waals surface area contributed by atoms with Crippen LogP contribution in [0.2, 0.25) is 0 Å². The summed E-state index contributed by atoms with van der Waals surface area (Å²) in [5, 5.41) is 18.1.